The molecule has 9 amide bonds. The second kappa shape index (κ2) is 30.2. The van der Waals surface area contributed by atoms with Gasteiger partial charge >= 0.3 is 5.97 Å². The van der Waals surface area contributed by atoms with Crippen LogP contribution in [0.4, 0.5) is 8.78 Å². The number of Topliss-reactive ketones (excluding diaryl/α,β-unsaturated/α-hetero) is 1. The lowest BCUT2D eigenvalue weighted by Crippen LogP contribution is -2.66. The highest BCUT2D eigenvalue weighted by Gasteiger charge is 2.51. The van der Waals surface area contributed by atoms with E-state index in [-0.39, 0.29) is 121 Å². The van der Waals surface area contributed by atoms with Crippen LogP contribution < -0.4 is 37.5 Å². The van der Waals surface area contributed by atoms with Gasteiger partial charge in [0.05, 0.1) is 128 Å². The van der Waals surface area contributed by atoms with Crippen LogP contribution in [-0.4, -0.2) is 207 Å². The molecular formula is C59H72F2N10O18. The summed E-state index contributed by atoms with van der Waals surface area (Å²) in [6.07, 6.45) is 3.87. The van der Waals surface area contributed by atoms with E-state index in [0.717, 1.165) is 44.0 Å². The number of ketones is 1. The van der Waals surface area contributed by atoms with Gasteiger partial charge in [-0.25, -0.2) is 18.6 Å². The number of aliphatic hydroxyl groups is 1. The first-order valence-electron chi connectivity index (χ1n) is 29.4. The SMILES string of the molecule is CC[C@]1(O)C(=O)OCc2c1cc1n(c2=O)Cc2c-1nc1cc(F)c(C)c3c1c2[C@H](CCCC(=O)C1(F)CN(C(=O)CNC(=O)CNC(=O)CNC(=O)CNC(=O)CNC(=O)CCOCCOCCOCCOCCNC(=O)CCN2C(=O)C=CC2=O)C1)CC3. The van der Waals surface area contributed by atoms with Crippen LogP contribution in [0.25, 0.3) is 22.3 Å². The van der Waals surface area contributed by atoms with Crippen molar-refractivity contribution in [3.63, 3.8) is 0 Å². The number of likely N-dealkylation sites (tertiary alicyclic amines) is 1. The van der Waals surface area contributed by atoms with Gasteiger partial charge in [0, 0.05) is 67.1 Å². The van der Waals surface area contributed by atoms with Crippen LogP contribution >= 0.6 is 0 Å². The van der Waals surface area contributed by atoms with Gasteiger partial charge in [-0.2, -0.15) is 0 Å². The average Bonchev–Trinajstić information content (AvgIpc) is 1.97. The highest BCUT2D eigenvalue weighted by molar-refractivity contribution is 6.13. The normalized spacial score (nSPS) is 17.5. The number of pyridine rings is 2. The molecule has 6 heterocycles. The maximum atomic E-state index is 15.9. The number of cyclic esters (lactones) is 1. The van der Waals surface area contributed by atoms with Gasteiger partial charge in [-0.05, 0) is 67.7 Å². The smallest absolute Gasteiger partial charge is 0.343 e. The van der Waals surface area contributed by atoms with E-state index in [0.29, 0.717) is 54.9 Å². The molecule has 0 unspecified atom stereocenters. The number of aromatic nitrogens is 2. The summed E-state index contributed by atoms with van der Waals surface area (Å²) >= 11 is 0. The third kappa shape index (κ3) is 16.3. The summed E-state index contributed by atoms with van der Waals surface area (Å²) in [5.74, 6) is -7.50. The Kier molecular flexibility index (Phi) is 22.5. The molecule has 0 saturated carbocycles. The molecule has 1 aromatic carbocycles. The summed E-state index contributed by atoms with van der Waals surface area (Å²) < 4.78 is 59.5. The lowest BCUT2D eigenvalue weighted by molar-refractivity contribution is -0.172. The van der Waals surface area contributed by atoms with Crippen LogP contribution in [0.5, 0.6) is 0 Å². The summed E-state index contributed by atoms with van der Waals surface area (Å²) in [7, 11) is 0. The average molecular weight is 1250 g/mol. The molecule has 0 radical (unpaired) electrons. The minimum Gasteiger partial charge on any atom is -0.458 e. The molecule has 480 valence electrons. The first kappa shape index (κ1) is 66.5. The summed E-state index contributed by atoms with van der Waals surface area (Å²) in [5, 5.41) is 26.3. The van der Waals surface area contributed by atoms with E-state index in [1.54, 1.807) is 19.9 Å². The fraction of sp³-hybridized carbons (Fsp3) is 0.542. The molecule has 0 bridgehead atoms. The van der Waals surface area contributed by atoms with Crippen molar-refractivity contribution in [2.75, 3.05) is 112 Å². The zero-order valence-corrected chi connectivity index (χ0v) is 49.4. The molecule has 1 aliphatic carbocycles. The Bertz CT molecular complexity index is 3370. The fourth-order valence-electron chi connectivity index (χ4n) is 11.1. The molecule has 0 spiro atoms. The van der Waals surface area contributed by atoms with Gasteiger partial charge in [0.2, 0.25) is 47.0 Å². The van der Waals surface area contributed by atoms with Crippen molar-refractivity contribution in [2.24, 2.45) is 0 Å². The molecule has 2 aromatic heterocycles. The van der Waals surface area contributed by atoms with Crippen LogP contribution in [0.2, 0.25) is 0 Å². The second-order valence-corrected chi connectivity index (χ2v) is 21.9. The number of hydrogen-bond donors (Lipinski definition) is 7. The van der Waals surface area contributed by atoms with E-state index in [1.807, 2.05) is 0 Å². The van der Waals surface area contributed by atoms with E-state index in [9.17, 15) is 62.6 Å². The molecule has 5 aliphatic rings. The Labute approximate surface area is 508 Å². The highest BCUT2D eigenvalue weighted by atomic mass is 19.1. The lowest BCUT2D eigenvalue weighted by Gasteiger charge is -2.43. The maximum absolute atomic E-state index is 15.9. The Hall–Kier alpha value is -8.45. The third-order valence-electron chi connectivity index (χ3n) is 16.0. The Morgan fingerprint density at radius 2 is 1.27 bits per heavy atom. The topological polar surface area (TPSA) is 368 Å². The number of halogens is 2. The molecule has 7 N–H and O–H groups in total. The number of benzene rings is 1. The molecule has 30 heteroatoms. The van der Waals surface area contributed by atoms with Crippen molar-refractivity contribution in [1.82, 2.24) is 51.3 Å². The summed E-state index contributed by atoms with van der Waals surface area (Å²) in [4.78, 5) is 156. The summed E-state index contributed by atoms with van der Waals surface area (Å²) in [6, 6.07) is 2.95. The molecule has 1 saturated heterocycles. The van der Waals surface area contributed by atoms with E-state index in [1.165, 1.54) is 10.6 Å². The zero-order chi connectivity index (χ0) is 64.0. The van der Waals surface area contributed by atoms with E-state index in [4.69, 9.17) is 28.7 Å². The van der Waals surface area contributed by atoms with Gasteiger partial charge in [0.1, 0.15) is 12.4 Å². The number of ether oxygens (including phenoxy) is 5. The maximum Gasteiger partial charge on any atom is 0.343 e. The van der Waals surface area contributed by atoms with Gasteiger partial charge in [0.15, 0.2) is 11.4 Å². The Balaban J connectivity index is 0.631. The van der Waals surface area contributed by atoms with Crippen molar-refractivity contribution in [3.8, 4) is 11.4 Å². The number of nitrogens with one attached hydrogen (secondary N) is 6. The third-order valence-corrected chi connectivity index (χ3v) is 16.0. The predicted octanol–water partition coefficient (Wildman–Crippen LogP) is -1.68. The quantitative estimate of drug-likeness (QED) is 0.0156. The van der Waals surface area contributed by atoms with Crippen molar-refractivity contribution in [3.05, 3.63) is 73.8 Å². The Morgan fingerprint density at radius 1 is 0.708 bits per heavy atom. The molecular weight excluding hydrogens is 1170 g/mol. The predicted molar refractivity (Wildman–Crippen MR) is 306 cm³/mol. The number of imide groups is 1. The van der Waals surface area contributed by atoms with Crippen LogP contribution in [0.1, 0.15) is 91.2 Å². The van der Waals surface area contributed by atoms with Crippen LogP contribution in [0.15, 0.2) is 29.1 Å². The standard InChI is InChI=1S/C59H72F2N10O18/c1-3-59(84)39-23-42-55-37(30-71(42)56(82)38(39)31-89-57(59)83)53-35(7-8-36-34(2)40(60)24-41(68-55)54(36)53)5-4-6-43(72)58(61)32-69(33-58)52(81)29-67-49(78)28-66-48(77)27-65-47(76)26-64-46(75)25-63-45(74)12-15-85-17-19-87-21-22-88-20-18-86-16-13-62-44(73)11-14-70-50(79)9-10-51(70)80/h9-10,23-24,35,84H,3-8,11-22,25-33H2,1-2H3,(H,62,73)(H,63,74)(H,64,75)(H,65,76)(H,66,77)(H,67,78)/t35-,59-/m1/s1. The van der Waals surface area contributed by atoms with Gasteiger partial charge in [-0.3, -0.25) is 57.6 Å². The highest BCUT2D eigenvalue weighted by Crippen LogP contribution is 2.48. The van der Waals surface area contributed by atoms with Crippen LogP contribution in [0, 0.1) is 12.7 Å². The second-order valence-electron chi connectivity index (χ2n) is 21.9. The fourth-order valence-corrected chi connectivity index (χ4v) is 11.1. The first-order valence-corrected chi connectivity index (χ1v) is 29.4. The summed E-state index contributed by atoms with van der Waals surface area (Å²) in [5.41, 5.74) is -0.446. The van der Waals surface area contributed by atoms with Gasteiger partial charge in [0.25, 0.3) is 17.4 Å². The van der Waals surface area contributed by atoms with E-state index >= 15 is 8.78 Å². The molecule has 4 aliphatic heterocycles. The number of hydrogen-bond acceptors (Lipinski definition) is 19. The van der Waals surface area contributed by atoms with Crippen molar-refractivity contribution in [2.45, 2.75) is 95.6 Å². The molecule has 28 nitrogen and oxygen atoms in total. The van der Waals surface area contributed by atoms with E-state index in [2.05, 4.69) is 31.9 Å². The number of esters is 1. The molecule has 89 heavy (non-hydrogen) atoms. The number of rotatable bonds is 34. The van der Waals surface area contributed by atoms with Crippen LogP contribution in [0.3, 0.4) is 0 Å². The molecule has 8 rings (SSSR count). The monoisotopic (exact) mass is 1250 g/mol. The number of nitrogens with zero attached hydrogens (tertiary/aromatic N) is 4. The molecule has 3 aromatic rings. The number of alkyl halides is 1. The number of carbonyl (C=O) groups excluding carboxylic acids is 11. The number of aryl methyl sites for hydroxylation is 1. The number of amides is 9. The lowest BCUT2D eigenvalue weighted by atomic mass is 9.76. The van der Waals surface area contributed by atoms with Gasteiger partial charge in [-0.1, -0.05) is 6.92 Å². The number of carbonyl (C=O) groups is 11. The molecule has 1 fully saturated rings. The van der Waals surface area contributed by atoms with Gasteiger partial charge < -0.3 is 70.2 Å². The van der Waals surface area contributed by atoms with Crippen molar-refractivity contribution in [1.29, 1.82) is 0 Å². The van der Waals surface area contributed by atoms with Crippen molar-refractivity contribution < 1.29 is 90.3 Å². The minimum absolute atomic E-state index is 0.00337. The zero-order valence-electron chi connectivity index (χ0n) is 49.4. The largest absolute Gasteiger partial charge is 0.458 e. The summed E-state index contributed by atoms with van der Waals surface area (Å²) in [6.45, 7) is 1.58. The Morgan fingerprint density at radius 3 is 1.88 bits per heavy atom. The minimum atomic E-state index is -2.31. The number of fused-ring (bicyclic) bond motifs is 5. The van der Waals surface area contributed by atoms with E-state index < -0.39 is 127 Å². The molecule has 2 atom stereocenters. The van der Waals surface area contributed by atoms with Crippen molar-refractivity contribution >= 4 is 75.8 Å². The van der Waals surface area contributed by atoms with Crippen LogP contribution in [-0.2, 0) is 102 Å². The van der Waals surface area contributed by atoms with Gasteiger partial charge in [-0.15, -0.1) is 0 Å². The first-order chi connectivity index (χ1) is 42.6.